The van der Waals surface area contributed by atoms with Crippen LogP contribution in [0.3, 0.4) is 0 Å². The summed E-state index contributed by atoms with van der Waals surface area (Å²) in [6.07, 6.45) is 0. The minimum atomic E-state index is -0.114. The quantitative estimate of drug-likeness (QED) is 0.716. The molecule has 0 atom stereocenters. The van der Waals surface area contributed by atoms with Crippen molar-refractivity contribution < 1.29 is 4.79 Å². The van der Waals surface area contributed by atoms with Gasteiger partial charge in [0.1, 0.15) is 5.69 Å². The third kappa shape index (κ3) is 1.95. The summed E-state index contributed by atoms with van der Waals surface area (Å²) in [5.74, 6) is 0.431. The van der Waals surface area contributed by atoms with E-state index in [0.29, 0.717) is 17.2 Å². The van der Waals surface area contributed by atoms with Crippen molar-refractivity contribution in [1.82, 2.24) is 15.2 Å². The Hall–Kier alpha value is -2.10. The molecule has 0 spiro atoms. The molecule has 0 unspecified atom stereocenters. The van der Waals surface area contributed by atoms with Crippen molar-refractivity contribution in [2.45, 2.75) is 13.8 Å². The second-order valence-corrected chi connectivity index (χ2v) is 3.49. The molecule has 2 rings (SSSR count). The molecule has 0 saturated carbocycles. The van der Waals surface area contributed by atoms with Gasteiger partial charge >= 0.3 is 0 Å². The van der Waals surface area contributed by atoms with Gasteiger partial charge in [0.25, 0.3) is 0 Å². The number of Topliss-reactive ketones (excluding diaryl/α,β-unsaturated/α-hetero) is 1. The average molecular weight is 213 g/mol. The molecular weight excluding hydrogens is 202 g/mol. The van der Waals surface area contributed by atoms with Crippen LogP contribution in [0.2, 0.25) is 0 Å². The molecular formula is C12H11N3O. The van der Waals surface area contributed by atoms with Crippen LogP contribution in [0.1, 0.15) is 23.1 Å². The second kappa shape index (κ2) is 4.18. The Labute approximate surface area is 93.4 Å². The predicted molar refractivity (Wildman–Crippen MR) is 60.0 cm³/mol. The van der Waals surface area contributed by atoms with Crippen molar-refractivity contribution in [3.63, 3.8) is 0 Å². The maximum absolute atomic E-state index is 11.2. The van der Waals surface area contributed by atoms with E-state index in [9.17, 15) is 4.79 Å². The lowest BCUT2D eigenvalue weighted by Crippen LogP contribution is -2.06. The lowest BCUT2D eigenvalue weighted by molar-refractivity contribution is 0.101. The molecule has 1 aromatic carbocycles. The third-order valence-corrected chi connectivity index (χ3v) is 2.23. The third-order valence-electron chi connectivity index (χ3n) is 2.23. The van der Waals surface area contributed by atoms with Gasteiger partial charge in [-0.1, -0.05) is 30.3 Å². The van der Waals surface area contributed by atoms with Crippen LogP contribution in [-0.2, 0) is 0 Å². The van der Waals surface area contributed by atoms with E-state index in [1.807, 2.05) is 30.3 Å². The van der Waals surface area contributed by atoms with E-state index in [1.165, 1.54) is 6.92 Å². The minimum absolute atomic E-state index is 0.114. The SMILES string of the molecule is CC(=O)c1nnc(-c2ccccc2)nc1C. The first kappa shape index (κ1) is 10.4. The number of hydrogen-bond acceptors (Lipinski definition) is 4. The molecule has 4 heteroatoms. The highest BCUT2D eigenvalue weighted by atomic mass is 16.1. The topological polar surface area (TPSA) is 55.7 Å². The number of aromatic nitrogens is 3. The molecule has 0 aliphatic rings. The molecule has 0 aliphatic carbocycles. The van der Waals surface area contributed by atoms with E-state index < -0.39 is 0 Å². The zero-order valence-corrected chi connectivity index (χ0v) is 9.14. The highest BCUT2D eigenvalue weighted by molar-refractivity contribution is 5.92. The first-order valence-corrected chi connectivity index (χ1v) is 4.96. The molecule has 0 N–H and O–H groups in total. The lowest BCUT2D eigenvalue weighted by atomic mass is 10.2. The molecule has 4 nitrogen and oxygen atoms in total. The fourth-order valence-electron chi connectivity index (χ4n) is 1.44. The maximum atomic E-state index is 11.2. The first-order valence-electron chi connectivity index (χ1n) is 4.96. The van der Waals surface area contributed by atoms with E-state index >= 15 is 0 Å². The van der Waals surface area contributed by atoms with Gasteiger partial charge in [-0.3, -0.25) is 4.79 Å². The van der Waals surface area contributed by atoms with Crippen LogP contribution in [0.15, 0.2) is 30.3 Å². The summed E-state index contributed by atoms with van der Waals surface area (Å²) in [6.45, 7) is 3.22. The summed E-state index contributed by atoms with van der Waals surface area (Å²) in [7, 11) is 0. The Morgan fingerprint density at radius 3 is 2.38 bits per heavy atom. The Kier molecular flexibility index (Phi) is 2.72. The van der Waals surface area contributed by atoms with Crippen molar-refractivity contribution >= 4 is 5.78 Å². The van der Waals surface area contributed by atoms with Gasteiger partial charge in [0.2, 0.25) is 0 Å². The summed E-state index contributed by atoms with van der Waals surface area (Å²) >= 11 is 0. The number of hydrogen-bond donors (Lipinski definition) is 0. The summed E-state index contributed by atoms with van der Waals surface area (Å²) in [6, 6.07) is 9.56. The number of rotatable bonds is 2. The minimum Gasteiger partial charge on any atom is -0.293 e. The van der Waals surface area contributed by atoms with Crippen molar-refractivity contribution in [2.24, 2.45) is 0 Å². The molecule has 0 bridgehead atoms. The Morgan fingerprint density at radius 1 is 1.12 bits per heavy atom. The van der Waals surface area contributed by atoms with Crippen LogP contribution in [0.5, 0.6) is 0 Å². The van der Waals surface area contributed by atoms with Gasteiger partial charge in [0.05, 0.1) is 5.69 Å². The zero-order valence-electron chi connectivity index (χ0n) is 9.14. The lowest BCUT2D eigenvalue weighted by Gasteiger charge is -2.02. The predicted octanol–water partition coefficient (Wildman–Crippen LogP) is 2.05. The molecule has 1 aromatic heterocycles. The molecule has 16 heavy (non-hydrogen) atoms. The molecule has 0 amide bonds. The number of benzene rings is 1. The fraction of sp³-hybridized carbons (Fsp3) is 0.167. The van der Waals surface area contributed by atoms with E-state index in [1.54, 1.807) is 6.92 Å². The van der Waals surface area contributed by atoms with E-state index in [-0.39, 0.29) is 5.78 Å². The van der Waals surface area contributed by atoms with Crippen molar-refractivity contribution in [2.75, 3.05) is 0 Å². The van der Waals surface area contributed by atoms with Gasteiger partial charge in [-0.2, -0.15) is 0 Å². The van der Waals surface area contributed by atoms with Crippen LogP contribution in [0.4, 0.5) is 0 Å². The van der Waals surface area contributed by atoms with Crippen LogP contribution in [0, 0.1) is 6.92 Å². The number of nitrogens with zero attached hydrogens (tertiary/aromatic N) is 3. The van der Waals surface area contributed by atoms with Crippen LogP contribution < -0.4 is 0 Å². The Bertz CT molecular complexity index is 523. The summed E-state index contributed by atoms with van der Waals surface area (Å²) in [4.78, 5) is 15.4. The zero-order chi connectivity index (χ0) is 11.5. The highest BCUT2D eigenvalue weighted by Crippen LogP contribution is 2.14. The smallest absolute Gasteiger partial charge is 0.182 e. The van der Waals surface area contributed by atoms with Crippen molar-refractivity contribution in [1.29, 1.82) is 0 Å². The van der Waals surface area contributed by atoms with E-state index in [2.05, 4.69) is 15.2 Å². The molecule has 80 valence electrons. The molecule has 0 radical (unpaired) electrons. The maximum Gasteiger partial charge on any atom is 0.182 e. The van der Waals surface area contributed by atoms with E-state index in [0.717, 1.165) is 5.56 Å². The van der Waals surface area contributed by atoms with Gasteiger partial charge in [-0.15, -0.1) is 10.2 Å². The summed E-state index contributed by atoms with van der Waals surface area (Å²) < 4.78 is 0. The summed E-state index contributed by atoms with van der Waals surface area (Å²) in [5, 5.41) is 7.84. The van der Waals surface area contributed by atoms with Crippen LogP contribution in [0.25, 0.3) is 11.4 Å². The van der Waals surface area contributed by atoms with Crippen molar-refractivity contribution in [3.8, 4) is 11.4 Å². The normalized spacial score (nSPS) is 10.1. The van der Waals surface area contributed by atoms with Gasteiger partial charge < -0.3 is 0 Å². The first-order chi connectivity index (χ1) is 7.68. The highest BCUT2D eigenvalue weighted by Gasteiger charge is 2.10. The van der Waals surface area contributed by atoms with Gasteiger partial charge in [0, 0.05) is 12.5 Å². The summed E-state index contributed by atoms with van der Waals surface area (Å²) in [5.41, 5.74) is 1.84. The molecule has 2 aromatic rings. The number of carbonyl (C=O) groups excluding carboxylic acids is 1. The standard InChI is InChI=1S/C12H11N3O/c1-8-11(9(2)16)14-15-12(13-8)10-6-4-3-5-7-10/h3-7H,1-2H3. The number of ketones is 1. The van der Waals surface area contributed by atoms with Gasteiger partial charge in [0.15, 0.2) is 11.6 Å². The molecule has 1 heterocycles. The van der Waals surface area contributed by atoms with E-state index in [4.69, 9.17) is 0 Å². The Morgan fingerprint density at radius 2 is 1.81 bits per heavy atom. The van der Waals surface area contributed by atoms with Crippen LogP contribution >= 0.6 is 0 Å². The largest absolute Gasteiger partial charge is 0.293 e. The fourth-order valence-corrected chi connectivity index (χ4v) is 1.44. The van der Waals surface area contributed by atoms with Crippen molar-refractivity contribution in [3.05, 3.63) is 41.7 Å². The second-order valence-electron chi connectivity index (χ2n) is 3.49. The molecule has 0 aliphatic heterocycles. The van der Waals surface area contributed by atoms with Crippen LogP contribution in [-0.4, -0.2) is 21.0 Å². The number of carbonyl (C=O) groups is 1. The molecule has 0 saturated heterocycles. The van der Waals surface area contributed by atoms with Gasteiger partial charge in [-0.25, -0.2) is 4.98 Å². The monoisotopic (exact) mass is 213 g/mol. The Balaban J connectivity index is 2.46. The molecule has 0 fully saturated rings. The number of aryl methyl sites for hydroxylation is 1. The average Bonchev–Trinajstić information content (AvgIpc) is 2.29. The van der Waals surface area contributed by atoms with Gasteiger partial charge in [-0.05, 0) is 6.92 Å².